The molecule has 0 bridgehead atoms. The first-order valence-electron chi connectivity index (χ1n) is 9.41. The summed E-state index contributed by atoms with van der Waals surface area (Å²) >= 11 is 0. The van der Waals surface area contributed by atoms with Gasteiger partial charge < -0.3 is 14.8 Å². The van der Waals surface area contributed by atoms with Crippen LogP contribution < -0.4 is 14.8 Å². The highest BCUT2D eigenvalue weighted by Gasteiger charge is 2.17. The lowest BCUT2D eigenvalue weighted by Crippen LogP contribution is -2.31. The van der Waals surface area contributed by atoms with E-state index < -0.39 is 0 Å². The molecule has 27 heavy (non-hydrogen) atoms. The third kappa shape index (κ3) is 5.03. The third-order valence-corrected chi connectivity index (χ3v) is 5.00. The summed E-state index contributed by atoms with van der Waals surface area (Å²) in [6.07, 6.45) is 0. The van der Waals surface area contributed by atoms with E-state index in [1.165, 1.54) is 0 Å². The van der Waals surface area contributed by atoms with E-state index >= 15 is 0 Å². The zero-order chi connectivity index (χ0) is 20.1. The number of rotatable bonds is 7. The lowest BCUT2D eigenvalue weighted by molar-refractivity contribution is -0.123. The molecule has 1 N–H and O–H groups in total. The van der Waals surface area contributed by atoms with Crippen molar-refractivity contribution in [2.24, 2.45) is 0 Å². The van der Waals surface area contributed by atoms with Crippen LogP contribution in [0, 0.1) is 20.8 Å². The number of hydrogen-bond acceptors (Lipinski definition) is 3. The van der Waals surface area contributed by atoms with Crippen molar-refractivity contribution in [3.63, 3.8) is 0 Å². The van der Waals surface area contributed by atoms with Crippen LogP contribution in [0.15, 0.2) is 30.3 Å². The summed E-state index contributed by atoms with van der Waals surface area (Å²) < 4.78 is 11.2. The molecule has 1 atom stereocenters. The second-order valence-corrected chi connectivity index (χ2v) is 7.38. The molecule has 0 aliphatic heterocycles. The molecule has 0 spiro atoms. The van der Waals surface area contributed by atoms with E-state index in [2.05, 4.69) is 25.2 Å². The quantitative estimate of drug-likeness (QED) is 0.747. The van der Waals surface area contributed by atoms with E-state index in [-0.39, 0.29) is 18.6 Å². The van der Waals surface area contributed by atoms with Gasteiger partial charge in [-0.3, -0.25) is 4.79 Å². The molecule has 0 saturated carbocycles. The maximum Gasteiger partial charge on any atom is 0.258 e. The van der Waals surface area contributed by atoms with Gasteiger partial charge in [-0.15, -0.1) is 0 Å². The molecule has 2 rings (SSSR count). The fourth-order valence-electron chi connectivity index (χ4n) is 3.20. The number of hydrogen-bond donors (Lipinski definition) is 1. The molecule has 0 heterocycles. The highest BCUT2D eigenvalue weighted by molar-refractivity contribution is 5.78. The first-order chi connectivity index (χ1) is 12.7. The van der Waals surface area contributed by atoms with Crippen LogP contribution in [-0.4, -0.2) is 19.6 Å². The lowest BCUT2D eigenvalue weighted by Gasteiger charge is -2.21. The van der Waals surface area contributed by atoms with Crippen LogP contribution in [0.25, 0.3) is 0 Å². The number of carbonyl (C=O) groups excluding carboxylic acids is 1. The highest BCUT2D eigenvalue weighted by Crippen LogP contribution is 2.32. The maximum atomic E-state index is 12.4. The molecule has 2 aromatic carbocycles. The number of benzene rings is 2. The third-order valence-electron chi connectivity index (χ3n) is 5.00. The Kier molecular flexibility index (Phi) is 6.89. The summed E-state index contributed by atoms with van der Waals surface area (Å²) in [7, 11) is 1.69. The fourth-order valence-corrected chi connectivity index (χ4v) is 3.20. The molecule has 0 saturated heterocycles. The highest BCUT2D eigenvalue weighted by atomic mass is 16.5. The molecular weight excluding hydrogens is 338 g/mol. The van der Waals surface area contributed by atoms with Crippen LogP contribution in [0.4, 0.5) is 0 Å². The van der Waals surface area contributed by atoms with E-state index in [1.54, 1.807) is 7.11 Å². The van der Waals surface area contributed by atoms with Gasteiger partial charge in [0, 0.05) is 0 Å². The molecule has 0 aromatic heterocycles. The average molecular weight is 370 g/mol. The molecule has 146 valence electrons. The Morgan fingerprint density at radius 1 is 1.00 bits per heavy atom. The molecule has 0 unspecified atom stereocenters. The minimum atomic E-state index is -0.135. The van der Waals surface area contributed by atoms with Crippen molar-refractivity contribution in [2.75, 3.05) is 13.7 Å². The van der Waals surface area contributed by atoms with Crippen molar-refractivity contribution < 1.29 is 14.3 Å². The average Bonchev–Trinajstić information content (AvgIpc) is 2.62. The number of aryl methyl sites for hydroxylation is 2. The molecule has 0 radical (unpaired) electrons. The molecule has 0 aliphatic carbocycles. The summed E-state index contributed by atoms with van der Waals surface area (Å²) in [6, 6.07) is 9.93. The Balaban J connectivity index is 2.08. The predicted molar refractivity (Wildman–Crippen MR) is 110 cm³/mol. The maximum absolute atomic E-state index is 12.4. The van der Waals surface area contributed by atoms with Crippen LogP contribution in [0.1, 0.15) is 60.5 Å². The second-order valence-electron chi connectivity index (χ2n) is 7.38. The monoisotopic (exact) mass is 369 g/mol. The van der Waals surface area contributed by atoms with Crippen molar-refractivity contribution in [3.8, 4) is 11.5 Å². The van der Waals surface area contributed by atoms with Gasteiger partial charge in [-0.1, -0.05) is 26.0 Å². The van der Waals surface area contributed by atoms with Gasteiger partial charge in [0.2, 0.25) is 0 Å². The number of methoxy groups -OCH3 is 1. The van der Waals surface area contributed by atoms with Crippen LogP contribution in [0.3, 0.4) is 0 Å². The Hall–Kier alpha value is -2.49. The summed E-state index contributed by atoms with van der Waals surface area (Å²) in [4.78, 5) is 12.4. The Labute approximate surface area is 162 Å². The second kappa shape index (κ2) is 8.94. The number of nitrogens with one attached hydrogen (secondary N) is 1. The van der Waals surface area contributed by atoms with Crippen molar-refractivity contribution in [1.29, 1.82) is 0 Å². The number of ether oxygens (including phenoxy) is 2. The summed E-state index contributed by atoms with van der Waals surface area (Å²) in [5, 5.41) is 3.04. The van der Waals surface area contributed by atoms with E-state index in [1.807, 2.05) is 52.0 Å². The molecule has 4 nitrogen and oxygen atoms in total. The van der Waals surface area contributed by atoms with E-state index in [9.17, 15) is 4.79 Å². The standard InChI is InChI=1S/C23H31NO3/c1-14(2)19-12-20(16(4)11-22(19)26-7)18(6)24-23(25)13-27-21-10-8-9-15(3)17(21)5/h8-12,14,18H,13H2,1-7H3,(H,24,25)/t18-/m0/s1. The zero-order valence-electron chi connectivity index (χ0n) is 17.5. The molecule has 0 aliphatic rings. The van der Waals surface area contributed by atoms with Crippen molar-refractivity contribution >= 4 is 5.91 Å². The van der Waals surface area contributed by atoms with Gasteiger partial charge in [-0.25, -0.2) is 0 Å². The van der Waals surface area contributed by atoms with E-state index in [0.717, 1.165) is 39.3 Å². The SMILES string of the molecule is COc1cc(C)c([C@H](C)NC(=O)COc2cccc(C)c2C)cc1C(C)C. The minimum absolute atomic E-state index is 0.000866. The Bertz CT molecular complexity index is 812. The fraction of sp³-hybridized carbons (Fsp3) is 0.435. The molecule has 0 fully saturated rings. The van der Waals surface area contributed by atoms with Crippen LogP contribution >= 0.6 is 0 Å². The van der Waals surface area contributed by atoms with Crippen molar-refractivity contribution in [1.82, 2.24) is 5.32 Å². The molecular formula is C23H31NO3. The van der Waals surface area contributed by atoms with Gasteiger partial charge in [-0.05, 0) is 79.6 Å². The van der Waals surface area contributed by atoms with Crippen molar-refractivity contribution in [3.05, 3.63) is 58.1 Å². The van der Waals surface area contributed by atoms with Gasteiger partial charge in [0.25, 0.3) is 5.91 Å². The van der Waals surface area contributed by atoms with Crippen LogP contribution in [-0.2, 0) is 4.79 Å². The van der Waals surface area contributed by atoms with E-state index in [4.69, 9.17) is 9.47 Å². The van der Waals surface area contributed by atoms with Crippen molar-refractivity contribution in [2.45, 2.75) is 53.5 Å². The largest absolute Gasteiger partial charge is 0.496 e. The normalized spacial score (nSPS) is 12.0. The van der Waals surface area contributed by atoms with Gasteiger partial charge in [0.05, 0.1) is 13.2 Å². The first kappa shape index (κ1) is 20.8. The van der Waals surface area contributed by atoms with Gasteiger partial charge in [-0.2, -0.15) is 0 Å². The van der Waals surface area contributed by atoms with E-state index in [0.29, 0.717) is 5.92 Å². The summed E-state index contributed by atoms with van der Waals surface area (Å²) in [5.41, 5.74) is 5.55. The van der Waals surface area contributed by atoms with Gasteiger partial charge in [0.1, 0.15) is 11.5 Å². The molecule has 1 amide bonds. The van der Waals surface area contributed by atoms with Crippen LogP contribution in [0.5, 0.6) is 11.5 Å². The van der Waals surface area contributed by atoms with Gasteiger partial charge in [0.15, 0.2) is 6.61 Å². The first-order valence-corrected chi connectivity index (χ1v) is 9.41. The summed E-state index contributed by atoms with van der Waals surface area (Å²) in [5.74, 6) is 1.85. The molecule has 4 heteroatoms. The topological polar surface area (TPSA) is 47.6 Å². The predicted octanol–water partition coefficient (Wildman–Crippen LogP) is 5.00. The van der Waals surface area contributed by atoms with Gasteiger partial charge >= 0.3 is 0 Å². The minimum Gasteiger partial charge on any atom is -0.496 e. The smallest absolute Gasteiger partial charge is 0.258 e. The van der Waals surface area contributed by atoms with Crippen LogP contribution in [0.2, 0.25) is 0 Å². The molecule has 2 aromatic rings. The Morgan fingerprint density at radius 3 is 2.33 bits per heavy atom. The Morgan fingerprint density at radius 2 is 1.70 bits per heavy atom. The zero-order valence-corrected chi connectivity index (χ0v) is 17.5. The lowest BCUT2D eigenvalue weighted by atomic mass is 9.93. The number of amides is 1. The number of carbonyl (C=O) groups is 1. The summed E-state index contributed by atoms with van der Waals surface area (Å²) in [6.45, 7) is 12.3.